The van der Waals surface area contributed by atoms with Gasteiger partial charge in [0.2, 0.25) is 5.82 Å². The number of piperazine rings is 1. The van der Waals surface area contributed by atoms with Crippen LogP contribution >= 0.6 is 0 Å². The number of carbonyl (C=O) groups excluding carboxylic acids is 1. The molecule has 6 nitrogen and oxygen atoms in total. The molecule has 9 heteroatoms. The zero-order valence-electron chi connectivity index (χ0n) is 17.7. The van der Waals surface area contributed by atoms with Gasteiger partial charge in [0, 0.05) is 31.7 Å². The Labute approximate surface area is 184 Å². The van der Waals surface area contributed by atoms with Gasteiger partial charge in [0.1, 0.15) is 0 Å². The minimum Gasteiger partial charge on any atom is -0.333 e. The number of carbonyl (C=O) groups is 1. The number of halogens is 3. The molecule has 4 rings (SSSR count). The van der Waals surface area contributed by atoms with Crippen molar-refractivity contribution in [3.8, 4) is 17.1 Å². The second-order valence-electron chi connectivity index (χ2n) is 7.72. The first kappa shape index (κ1) is 22.0. The molecular weight excluding hydrogens is 419 g/mol. The summed E-state index contributed by atoms with van der Waals surface area (Å²) in [7, 11) is 0. The Morgan fingerprint density at radius 1 is 1.00 bits per heavy atom. The molecule has 1 aliphatic rings. The summed E-state index contributed by atoms with van der Waals surface area (Å²) in [5.41, 5.74) is 0.0617. The van der Waals surface area contributed by atoms with Crippen LogP contribution in [-0.4, -0.2) is 63.2 Å². The number of nitrogens with zero attached hydrogens (tertiary/aromatic N) is 5. The summed E-state index contributed by atoms with van der Waals surface area (Å²) in [4.78, 5) is 21.6. The molecule has 1 aliphatic heterocycles. The van der Waals surface area contributed by atoms with Gasteiger partial charge < -0.3 is 4.90 Å². The zero-order valence-corrected chi connectivity index (χ0v) is 17.7. The van der Waals surface area contributed by atoms with Crippen LogP contribution in [0, 0.1) is 0 Å². The van der Waals surface area contributed by atoms with Crippen molar-refractivity contribution in [2.45, 2.75) is 19.5 Å². The first-order valence-electron chi connectivity index (χ1n) is 10.6. The monoisotopic (exact) mass is 443 g/mol. The molecule has 32 heavy (non-hydrogen) atoms. The normalized spacial score (nSPS) is 15.2. The van der Waals surface area contributed by atoms with Crippen molar-refractivity contribution in [2.75, 3.05) is 32.7 Å². The topological polar surface area (TPSA) is 54.3 Å². The van der Waals surface area contributed by atoms with E-state index in [0.717, 1.165) is 38.2 Å². The van der Waals surface area contributed by atoms with Crippen LogP contribution in [0.25, 0.3) is 17.1 Å². The van der Waals surface area contributed by atoms with Gasteiger partial charge in [-0.15, -0.1) is 5.10 Å². The van der Waals surface area contributed by atoms with Gasteiger partial charge in [0.15, 0.2) is 5.82 Å². The van der Waals surface area contributed by atoms with Gasteiger partial charge in [-0.2, -0.15) is 13.2 Å². The van der Waals surface area contributed by atoms with Crippen molar-refractivity contribution in [1.82, 2.24) is 24.6 Å². The Morgan fingerprint density at radius 2 is 1.72 bits per heavy atom. The van der Waals surface area contributed by atoms with E-state index in [1.54, 1.807) is 29.2 Å². The smallest absolute Gasteiger partial charge is 0.333 e. The van der Waals surface area contributed by atoms with E-state index in [-0.39, 0.29) is 17.4 Å². The lowest BCUT2D eigenvalue weighted by atomic mass is 10.2. The highest BCUT2D eigenvalue weighted by Gasteiger charge is 2.31. The predicted molar refractivity (Wildman–Crippen MR) is 114 cm³/mol. The number of amides is 1. The molecule has 2 aromatic carbocycles. The SMILES string of the molecule is CCCN1CCN(C(=O)c2nc(-c3ccccc3)n(-c3cccc(C(F)(F)F)c3)n2)CC1. The molecule has 0 N–H and O–H groups in total. The fourth-order valence-electron chi connectivity index (χ4n) is 3.80. The third-order valence-corrected chi connectivity index (χ3v) is 5.45. The quantitative estimate of drug-likeness (QED) is 0.595. The molecule has 0 aliphatic carbocycles. The van der Waals surface area contributed by atoms with Crippen LogP contribution in [-0.2, 0) is 6.18 Å². The van der Waals surface area contributed by atoms with E-state index in [2.05, 4.69) is 21.9 Å². The molecule has 0 saturated carbocycles. The van der Waals surface area contributed by atoms with Crippen molar-refractivity contribution in [2.24, 2.45) is 0 Å². The molecular formula is C23H24F3N5O. The lowest BCUT2D eigenvalue weighted by molar-refractivity contribution is -0.137. The second-order valence-corrected chi connectivity index (χ2v) is 7.72. The number of aromatic nitrogens is 3. The summed E-state index contributed by atoms with van der Waals surface area (Å²) in [6, 6.07) is 13.9. The standard InChI is InChI=1S/C23H24F3N5O/c1-2-11-29-12-14-30(15-13-29)22(32)20-27-21(17-7-4-3-5-8-17)31(28-20)19-10-6-9-18(16-19)23(24,25)26/h3-10,16H,2,11-15H2,1H3. The second kappa shape index (κ2) is 9.12. The van der Waals surface area contributed by atoms with E-state index in [9.17, 15) is 18.0 Å². The fourth-order valence-corrected chi connectivity index (χ4v) is 3.80. The lowest BCUT2D eigenvalue weighted by Crippen LogP contribution is -2.49. The van der Waals surface area contributed by atoms with Crippen molar-refractivity contribution in [1.29, 1.82) is 0 Å². The van der Waals surface area contributed by atoms with Crippen LogP contribution in [0.3, 0.4) is 0 Å². The van der Waals surface area contributed by atoms with E-state index in [1.165, 1.54) is 16.8 Å². The Hall–Kier alpha value is -3.20. The Bertz CT molecular complexity index is 1070. The minimum atomic E-state index is -4.49. The van der Waals surface area contributed by atoms with Gasteiger partial charge >= 0.3 is 6.18 Å². The summed E-state index contributed by atoms with van der Waals surface area (Å²) in [6.07, 6.45) is -3.43. The highest BCUT2D eigenvalue weighted by atomic mass is 19.4. The third kappa shape index (κ3) is 4.67. The summed E-state index contributed by atoms with van der Waals surface area (Å²) in [5, 5.41) is 4.34. The van der Waals surface area contributed by atoms with Crippen molar-refractivity contribution >= 4 is 5.91 Å². The molecule has 0 bridgehead atoms. The molecule has 1 saturated heterocycles. The lowest BCUT2D eigenvalue weighted by Gasteiger charge is -2.33. The fraction of sp³-hybridized carbons (Fsp3) is 0.348. The average molecular weight is 443 g/mol. The molecule has 0 spiro atoms. The van der Waals surface area contributed by atoms with Crippen molar-refractivity contribution < 1.29 is 18.0 Å². The molecule has 1 amide bonds. The molecule has 0 unspecified atom stereocenters. The Morgan fingerprint density at radius 3 is 2.38 bits per heavy atom. The number of alkyl halides is 3. The molecule has 2 heterocycles. The van der Waals surface area contributed by atoms with Gasteiger partial charge in [-0.25, -0.2) is 9.67 Å². The first-order chi connectivity index (χ1) is 15.4. The number of hydrogen-bond acceptors (Lipinski definition) is 4. The summed E-state index contributed by atoms with van der Waals surface area (Å²) < 4.78 is 41.1. The Balaban J connectivity index is 1.69. The van der Waals surface area contributed by atoms with E-state index in [0.29, 0.717) is 24.5 Å². The van der Waals surface area contributed by atoms with Crippen LogP contribution in [0.5, 0.6) is 0 Å². The molecule has 3 aromatic rings. The molecule has 1 aromatic heterocycles. The maximum absolute atomic E-state index is 13.3. The highest BCUT2D eigenvalue weighted by molar-refractivity contribution is 5.91. The molecule has 1 fully saturated rings. The summed E-state index contributed by atoms with van der Waals surface area (Å²) in [5.74, 6) is -0.0212. The van der Waals surface area contributed by atoms with Crippen molar-refractivity contribution in [3.05, 3.63) is 66.0 Å². The van der Waals surface area contributed by atoms with Crippen LogP contribution < -0.4 is 0 Å². The largest absolute Gasteiger partial charge is 0.416 e. The van der Waals surface area contributed by atoms with E-state index >= 15 is 0 Å². The van der Waals surface area contributed by atoms with Gasteiger partial charge in [-0.1, -0.05) is 43.3 Å². The van der Waals surface area contributed by atoms with Crippen LogP contribution in [0.15, 0.2) is 54.6 Å². The number of hydrogen-bond donors (Lipinski definition) is 0. The predicted octanol–water partition coefficient (Wildman–Crippen LogP) is 4.12. The first-order valence-corrected chi connectivity index (χ1v) is 10.6. The maximum Gasteiger partial charge on any atom is 0.416 e. The molecule has 0 radical (unpaired) electrons. The molecule has 168 valence electrons. The maximum atomic E-state index is 13.3. The van der Waals surface area contributed by atoms with E-state index in [1.807, 2.05) is 6.07 Å². The van der Waals surface area contributed by atoms with Gasteiger partial charge in [0.05, 0.1) is 11.3 Å². The number of benzene rings is 2. The van der Waals surface area contributed by atoms with Crippen LogP contribution in [0.2, 0.25) is 0 Å². The van der Waals surface area contributed by atoms with Crippen molar-refractivity contribution in [3.63, 3.8) is 0 Å². The summed E-state index contributed by atoms with van der Waals surface area (Å²) in [6.45, 7) is 5.80. The molecule has 0 atom stereocenters. The average Bonchev–Trinajstić information content (AvgIpc) is 3.25. The number of rotatable bonds is 5. The van der Waals surface area contributed by atoms with Gasteiger partial charge in [0.25, 0.3) is 5.91 Å². The van der Waals surface area contributed by atoms with E-state index < -0.39 is 11.7 Å². The van der Waals surface area contributed by atoms with Gasteiger partial charge in [-0.05, 0) is 31.2 Å². The van der Waals surface area contributed by atoms with Gasteiger partial charge in [-0.3, -0.25) is 9.69 Å². The minimum absolute atomic E-state index is 0.0230. The highest BCUT2D eigenvalue weighted by Crippen LogP contribution is 2.31. The van der Waals surface area contributed by atoms with Crippen LogP contribution in [0.1, 0.15) is 29.5 Å². The van der Waals surface area contributed by atoms with E-state index in [4.69, 9.17) is 0 Å². The zero-order chi connectivity index (χ0) is 22.7. The Kier molecular flexibility index (Phi) is 6.27. The summed E-state index contributed by atoms with van der Waals surface area (Å²) >= 11 is 0. The van der Waals surface area contributed by atoms with Crippen LogP contribution in [0.4, 0.5) is 13.2 Å². The third-order valence-electron chi connectivity index (χ3n) is 5.45.